The van der Waals surface area contributed by atoms with Gasteiger partial charge in [0.1, 0.15) is 0 Å². The summed E-state index contributed by atoms with van der Waals surface area (Å²) in [6.07, 6.45) is 0. The van der Waals surface area contributed by atoms with Crippen molar-refractivity contribution in [2.45, 2.75) is 0 Å². The maximum absolute atomic E-state index is 6.00. The van der Waals surface area contributed by atoms with E-state index in [0.29, 0.717) is 12.5 Å². The van der Waals surface area contributed by atoms with Crippen LogP contribution in [0, 0.1) is 0 Å². The van der Waals surface area contributed by atoms with E-state index in [9.17, 15) is 0 Å². The Kier molecular flexibility index (Phi) is 7.30. The molecule has 5 heteroatoms. The van der Waals surface area contributed by atoms with E-state index in [1.807, 2.05) is 42.1 Å². The standard InChI is InChI=1S/C14H19N3S.HI/c1-12(13-5-3-2-4-6-13)11-16-14(15)17-7-9-18-10-8-17;/h2-6H,1,7-11H2,(H2,15,16);1H. The number of hydrogen-bond acceptors (Lipinski definition) is 2. The summed E-state index contributed by atoms with van der Waals surface area (Å²) in [6.45, 7) is 6.62. The minimum Gasteiger partial charge on any atom is -0.370 e. The summed E-state index contributed by atoms with van der Waals surface area (Å²) >= 11 is 1.97. The zero-order valence-electron chi connectivity index (χ0n) is 10.9. The van der Waals surface area contributed by atoms with Gasteiger partial charge in [-0.2, -0.15) is 11.8 Å². The van der Waals surface area contributed by atoms with Crippen LogP contribution in [0.1, 0.15) is 5.56 Å². The van der Waals surface area contributed by atoms with Crippen LogP contribution >= 0.6 is 35.7 Å². The van der Waals surface area contributed by atoms with E-state index in [4.69, 9.17) is 5.73 Å². The Morgan fingerprint density at radius 2 is 1.89 bits per heavy atom. The third-order valence-electron chi connectivity index (χ3n) is 2.95. The van der Waals surface area contributed by atoms with Crippen molar-refractivity contribution in [3.8, 4) is 0 Å². The van der Waals surface area contributed by atoms with Crippen LogP contribution in [0.15, 0.2) is 41.9 Å². The van der Waals surface area contributed by atoms with Gasteiger partial charge in [0.05, 0.1) is 6.54 Å². The van der Waals surface area contributed by atoms with Crippen molar-refractivity contribution in [1.82, 2.24) is 4.90 Å². The van der Waals surface area contributed by atoms with Crippen LogP contribution in [0.5, 0.6) is 0 Å². The average Bonchev–Trinajstić information content (AvgIpc) is 2.46. The molecule has 1 aliphatic heterocycles. The summed E-state index contributed by atoms with van der Waals surface area (Å²) in [5.74, 6) is 2.92. The fourth-order valence-electron chi connectivity index (χ4n) is 1.83. The molecule has 0 bridgehead atoms. The van der Waals surface area contributed by atoms with Crippen molar-refractivity contribution in [3.05, 3.63) is 42.5 Å². The van der Waals surface area contributed by atoms with E-state index in [2.05, 4.69) is 16.5 Å². The lowest BCUT2D eigenvalue weighted by molar-refractivity contribution is 0.457. The summed E-state index contributed by atoms with van der Waals surface area (Å²) in [5, 5.41) is 0. The SMILES string of the molecule is C=C(CN=C(N)N1CCSCC1)c1ccccc1.I. The Hall–Kier alpha value is -0.690. The monoisotopic (exact) mass is 389 g/mol. The first-order chi connectivity index (χ1) is 8.77. The number of halogens is 1. The Bertz CT molecular complexity index is 428. The second-order valence-electron chi connectivity index (χ2n) is 4.24. The van der Waals surface area contributed by atoms with Gasteiger partial charge in [-0.15, -0.1) is 24.0 Å². The minimum atomic E-state index is 0. The molecular weight excluding hydrogens is 369 g/mol. The number of benzene rings is 1. The fraction of sp³-hybridized carbons (Fsp3) is 0.357. The van der Waals surface area contributed by atoms with Crippen molar-refractivity contribution in [2.75, 3.05) is 31.1 Å². The summed E-state index contributed by atoms with van der Waals surface area (Å²) < 4.78 is 0. The fourth-order valence-corrected chi connectivity index (χ4v) is 2.74. The zero-order valence-corrected chi connectivity index (χ0v) is 14.1. The molecule has 1 aromatic carbocycles. The largest absolute Gasteiger partial charge is 0.370 e. The summed E-state index contributed by atoms with van der Waals surface area (Å²) in [5.41, 5.74) is 8.13. The maximum atomic E-state index is 6.00. The number of nitrogens with two attached hydrogens (primary N) is 1. The highest BCUT2D eigenvalue weighted by molar-refractivity contribution is 14.0. The quantitative estimate of drug-likeness (QED) is 0.491. The van der Waals surface area contributed by atoms with Crippen molar-refractivity contribution in [1.29, 1.82) is 0 Å². The molecule has 1 saturated heterocycles. The van der Waals surface area contributed by atoms with Crippen LogP contribution in [0.3, 0.4) is 0 Å². The van der Waals surface area contributed by atoms with Gasteiger partial charge in [-0.05, 0) is 11.1 Å². The van der Waals surface area contributed by atoms with Gasteiger partial charge < -0.3 is 10.6 Å². The van der Waals surface area contributed by atoms with Gasteiger partial charge in [0.25, 0.3) is 0 Å². The van der Waals surface area contributed by atoms with Crippen molar-refractivity contribution >= 4 is 47.3 Å². The predicted molar refractivity (Wildman–Crippen MR) is 96.3 cm³/mol. The smallest absolute Gasteiger partial charge is 0.191 e. The third kappa shape index (κ3) is 5.06. The van der Waals surface area contributed by atoms with Crippen LogP contribution in [0.4, 0.5) is 0 Å². The van der Waals surface area contributed by atoms with Gasteiger partial charge in [-0.3, -0.25) is 0 Å². The van der Waals surface area contributed by atoms with Gasteiger partial charge in [-0.1, -0.05) is 36.9 Å². The summed E-state index contributed by atoms with van der Waals surface area (Å²) in [6, 6.07) is 10.1. The molecular formula is C14H20IN3S. The first-order valence-corrected chi connectivity index (χ1v) is 7.28. The molecule has 1 heterocycles. The lowest BCUT2D eigenvalue weighted by Gasteiger charge is -2.27. The highest BCUT2D eigenvalue weighted by Gasteiger charge is 2.11. The molecule has 19 heavy (non-hydrogen) atoms. The molecule has 0 spiro atoms. The molecule has 0 amide bonds. The third-order valence-corrected chi connectivity index (χ3v) is 3.89. The minimum absolute atomic E-state index is 0. The number of nitrogens with zero attached hydrogens (tertiary/aromatic N) is 2. The lowest BCUT2D eigenvalue weighted by Crippen LogP contribution is -2.42. The van der Waals surface area contributed by atoms with E-state index < -0.39 is 0 Å². The molecule has 1 aliphatic rings. The van der Waals surface area contributed by atoms with E-state index in [1.54, 1.807) is 0 Å². The molecule has 0 aromatic heterocycles. The van der Waals surface area contributed by atoms with Gasteiger partial charge in [0.15, 0.2) is 5.96 Å². The molecule has 3 nitrogen and oxygen atoms in total. The van der Waals surface area contributed by atoms with Gasteiger partial charge in [0, 0.05) is 24.6 Å². The molecule has 1 aromatic rings. The first-order valence-electron chi connectivity index (χ1n) is 6.13. The maximum Gasteiger partial charge on any atom is 0.191 e. The number of thioether (sulfide) groups is 1. The van der Waals surface area contributed by atoms with Crippen LogP contribution < -0.4 is 5.73 Å². The molecule has 2 rings (SSSR count). The average molecular weight is 389 g/mol. The van der Waals surface area contributed by atoms with Crippen molar-refractivity contribution < 1.29 is 0 Å². The molecule has 1 fully saturated rings. The lowest BCUT2D eigenvalue weighted by atomic mass is 10.1. The van der Waals surface area contributed by atoms with Gasteiger partial charge >= 0.3 is 0 Å². The number of aliphatic imine (C=N–C) groups is 1. The highest BCUT2D eigenvalue weighted by atomic mass is 127. The zero-order chi connectivity index (χ0) is 12.8. The van der Waals surface area contributed by atoms with Crippen molar-refractivity contribution in [2.24, 2.45) is 10.7 Å². The predicted octanol–water partition coefficient (Wildman–Crippen LogP) is 2.68. The Morgan fingerprint density at radius 1 is 1.26 bits per heavy atom. The Labute approximate surface area is 136 Å². The van der Waals surface area contributed by atoms with Crippen LogP contribution in [0.25, 0.3) is 5.57 Å². The normalized spacial score (nSPS) is 15.8. The number of rotatable bonds is 3. The Balaban J connectivity index is 0.00000180. The van der Waals surface area contributed by atoms with Crippen LogP contribution in [-0.4, -0.2) is 42.0 Å². The van der Waals surface area contributed by atoms with Crippen molar-refractivity contribution in [3.63, 3.8) is 0 Å². The van der Waals surface area contributed by atoms with Crippen LogP contribution in [-0.2, 0) is 0 Å². The molecule has 0 aliphatic carbocycles. The highest BCUT2D eigenvalue weighted by Crippen LogP contribution is 2.12. The molecule has 0 atom stereocenters. The second kappa shape index (κ2) is 8.47. The van der Waals surface area contributed by atoms with E-state index >= 15 is 0 Å². The molecule has 2 N–H and O–H groups in total. The van der Waals surface area contributed by atoms with Crippen LogP contribution in [0.2, 0.25) is 0 Å². The van der Waals surface area contributed by atoms with E-state index in [0.717, 1.165) is 35.7 Å². The number of guanidine groups is 1. The summed E-state index contributed by atoms with van der Waals surface area (Å²) in [4.78, 5) is 6.58. The Morgan fingerprint density at radius 3 is 2.53 bits per heavy atom. The second-order valence-corrected chi connectivity index (χ2v) is 5.47. The molecule has 0 saturated carbocycles. The summed E-state index contributed by atoms with van der Waals surface area (Å²) in [7, 11) is 0. The van der Waals surface area contributed by atoms with E-state index in [-0.39, 0.29) is 24.0 Å². The number of hydrogen-bond donors (Lipinski definition) is 1. The van der Waals surface area contributed by atoms with Gasteiger partial charge in [-0.25, -0.2) is 4.99 Å². The topological polar surface area (TPSA) is 41.6 Å². The molecule has 104 valence electrons. The molecule has 0 unspecified atom stereocenters. The molecule has 0 radical (unpaired) electrons. The first kappa shape index (κ1) is 16.4. The van der Waals surface area contributed by atoms with E-state index in [1.165, 1.54) is 0 Å². The van der Waals surface area contributed by atoms with Gasteiger partial charge in [0.2, 0.25) is 0 Å².